The van der Waals surface area contributed by atoms with Crippen molar-refractivity contribution in [3.8, 4) is 5.75 Å². The van der Waals surface area contributed by atoms with Crippen molar-refractivity contribution in [2.45, 2.75) is 148 Å². The zero-order chi connectivity index (χ0) is 53.5. The molecule has 7 atom stereocenters. The fraction of sp³-hybridized carbons (Fsp3) is 0.588. The van der Waals surface area contributed by atoms with Crippen LogP contribution in [0.1, 0.15) is 133 Å². The van der Waals surface area contributed by atoms with Crippen molar-refractivity contribution in [1.29, 1.82) is 0 Å². The molecule has 5 amide bonds. The first-order chi connectivity index (χ1) is 34.9. The monoisotopic (exact) mass is 1070 g/mol. The number of nitrogens with zero attached hydrogens (tertiary/aromatic N) is 4. The number of hydrazine groups is 1. The highest BCUT2D eigenvalue weighted by Gasteiger charge is 2.39. The number of nitrogens with one attached hydrogen (secondary N) is 4. The summed E-state index contributed by atoms with van der Waals surface area (Å²) in [5.74, 6) is -3.67. The summed E-state index contributed by atoms with van der Waals surface area (Å²) in [6, 6.07) is 9.29. The second-order valence-corrected chi connectivity index (χ2v) is 22.0. The summed E-state index contributed by atoms with van der Waals surface area (Å²) in [5, 5.41) is 18.6. The number of aromatic hydroxyl groups is 1. The number of benzene rings is 1. The van der Waals surface area contributed by atoms with E-state index in [9.17, 15) is 38.7 Å². The highest BCUT2D eigenvalue weighted by atomic mass is 33.1. The van der Waals surface area contributed by atoms with E-state index < -0.39 is 78.7 Å². The fourth-order valence-electron chi connectivity index (χ4n) is 8.19. The molecule has 19 nitrogen and oxygen atoms in total. The Morgan fingerprint density at radius 2 is 1.70 bits per heavy atom. The summed E-state index contributed by atoms with van der Waals surface area (Å²) in [6.07, 6.45) is 4.99. The molecule has 1 fully saturated rings. The Bertz CT molecular complexity index is 2240. The lowest BCUT2D eigenvalue weighted by atomic mass is 9.92. The Labute approximate surface area is 441 Å². The number of likely N-dealkylation sites (tertiary alicyclic amines) is 1. The predicted molar refractivity (Wildman–Crippen MR) is 281 cm³/mol. The minimum Gasteiger partial charge on any atom is -0.508 e. The number of pyridine rings is 1. The molecule has 0 aliphatic carbocycles. The van der Waals surface area contributed by atoms with Gasteiger partial charge in [-0.05, 0) is 98.2 Å². The van der Waals surface area contributed by atoms with Gasteiger partial charge in [-0.1, -0.05) is 89.8 Å². The van der Waals surface area contributed by atoms with Gasteiger partial charge < -0.3 is 34.9 Å². The Balaban J connectivity index is 1.51. The number of amides is 5. The lowest BCUT2D eigenvalue weighted by Gasteiger charge is -2.39. The molecule has 73 heavy (non-hydrogen) atoms. The minimum absolute atomic E-state index is 0.0107. The minimum atomic E-state index is -1.05. The van der Waals surface area contributed by atoms with Gasteiger partial charge in [0.1, 0.15) is 34.1 Å². The fourth-order valence-corrected chi connectivity index (χ4v) is 10.7. The number of phenolic OH excluding ortho intramolecular Hbond substituents is 1. The zero-order valence-corrected chi connectivity index (χ0v) is 45.7. The third kappa shape index (κ3) is 20.4. The van der Waals surface area contributed by atoms with Crippen LogP contribution in [0.5, 0.6) is 5.75 Å². The summed E-state index contributed by atoms with van der Waals surface area (Å²) < 4.78 is 16.8. The van der Waals surface area contributed by atoms with Gasteiger partial charge in [0, 0.05) is 55.1 Å². The molecular weight excluding hydrogens is 997 g/mol. The largest absolute Gasteiger partial charge is 0.508 e. The molecule has 1 aliphatic rings. The van der Waals surface area contributed by atoms with Gasteiger partial charge in [0.15, 0.2) is 12.8 Å². The van der Waals surface area contributed by atoms with E-state index in [0.717, 1.165) is 47.7 Å². The van der Waals surface area contributed by atoms with Gasteiger partial charge >= 0.3 is 18.0 Å². The molecule has 2 aromatic heterocycles. The van der Waals surface area contributed by atoms with Crippen molar-refractivity contribution in [3.05, 3.63) is 70.3 Å². The first-order valence-corrected chi connectivity index (χ1v) is 28.2. The van der Waals surface area contributed by atoms with Crippen LogP contribution in [-0.2, 0) is 44.6 Å². The molecule has 1 aliphatic heterocycles. The molecule has 5 N–H and O–H groups in total. The summed E-state index contributed by atoms with van der Waals surface area (Å²) in [5.41, 5.74) is 5.43. The molecule has 402 valence electrons. The molecule has 3 heterocycles. The molecule has 1 aromatic carbocycles. The molecule has 4 rings (SSSR count). The topological polar surface area (TPSA) is 248 Å². The number of carbonyl (C=O) groups is 7. The number of hydrogen-bond acceptors (Lipinski definition) is 17. The lowest BCUT2D eigenvalue weighted by molar-refractivity contribution is -0.160. The van der Waals surface area contributed by atoms with E-state index in [-0.39, 0.29) is 66.5 Å². The van der Waals surface area contributed by atoms with Gasteiger partial charge in [0.25, 0.3) is 5.91 Å². The number of hydrogen-bond donors (Lipinski definition) is 5. The molecule has 0 radical (unpaired) electrons. The first kappa shape index (κ1) is 60.1. The Kier molecular flexibility index (Phi) is 25.8. The molecule has 1 saturated heterocycles. The van der Waals surface area contributed by atoms with E-state index in [4.69, 9.17) is 14.2 Å². The Morgan fingerprint density at radius 3 is 2.37 bits per heavy atom. The van der Waals surface area contributed by atoms with Gasteiger partial charge in [-0.15, -0.1) is 11.3 Å². The Morgan fingerprint density at radius 1 is 0.945 bits per heavy atom. The quantitative estimate of drug-likeness (QED) is 0.0125. The number of aromatic nitrogens is 2. The van der Waals surface area contributed by atoms with Crippen LogP contribution < -0.4 is 21.5 Å². The summed E-state index contributed by atoms with van der Waals surface area (Å²) in [4.78, 5) is 107. The number of esters is 2. The van der Waals surface area contributed by atoms with Crippen molar-refractivity contribution < 1.29 is 52.9 Å². The molecule has 22 heteroatoms. The lowest BCUT2D eigenvalue weighted by Crippen LogP contribution is -2.58. The second kappa shape index (κ2) is 31.3. The van der Waals surface area contributed by atoms with Crippen molar-refractivity contribution in [2.24, 2.45) is 17.8 Å². The number of carbonyl (C=O) groups excluding carboxylic acids is 7. The van der Waals surface area contributed by atoms with Crippen LogP contribution in [0, 0.1) is 17.8 Å². The predicted octanol–water partition coefficient (Wildman–Crippen LogP) is 7.36. The standard InChI is InChI=1S/C51H74N8O11S3/c1-9-16-44(62)69-31-59(50(66)45(33(5)10-2)55-48(65)40-17-12-11-15-24-58(40)8)41(32(3)4)29-42(70-35(7)60)49-54-39(30-71-49)47(64)53-37(28-36-19-21-38(61)22-20-36)27-34(6)46(63)56-57-51(67)68-25-26-72-73-43-18-13-14-23-52-43/h13-14,18-23,30,32-34,37,40-42,45,61H,9-12,15-17,24-29,31H2,1-8H3,(H,53,64)(H,55,65)(H,56,63)(H,57,67)/t33?,34-,37+,40+,41+,42-,45-/m0/s1. The van der Waals surface area contributed by atoms with E-state index in [1.54, 1.807) is 25.3 Å². The van der Waals surface area contributed by atoms with Gasteiger partial charge in [0.2, 0.25) is 17.7 Å². The first-order valence-electron chi connectivity index (χ1n) is 25.0. The van der Waals surface area contributed by atoms with Crippen LogP contribution in [0.4, 0.5) is 4.79 Å². The maximum atomic E-state index is 15.0. The van der Waals surface area contributed by atoms with Gasteiger partial charge in [0.05, 0.1) is 6.04 Å². The smallest absolute Gasteiger partial charge is 0.426 e. The third-order valence-electron chi connectivity index (χ3n) is 12.5. The number of phenols is 1. The molecular formula is C51H74N8O11S3. The molecule has 1 unspecified atom stereocenters. The number of likely N-dealkylation sites (N-methyl/N-ethyl adjacent to an activating group) is 1. The van der Waals surface area contributed by atoms with Crippen LogP contribution in [0.25, 0.3) is 0 Å². The highest BCUT2D eigenvalue weighted by Crippen LogP contribution is 2.32. The van der Waals surface area contributed by atoms with Crippen LogP contribution >= 0.6 is 32.9 Å². The van der Waals surface area contributed by atoms with Crippen LogP contribution in [0.3, 0.4) is 0 Å². The average molecular weight is 1070 g/mol. The summed E-state index contributed by atoms with van der Waals surface area (Å²) in [7, 11) is 4.83. The summed E-state index contributed by atoms with van der Waals surface area (Å²) >= 11 is 1.09. The van der Waals surface area contributed by atoms with Gasteiger partial charge in [-0.25, -0.2) is 20.2 Å². The molecule has 0 bridgehead atoms. The van der Waals surface area contributed by atoms with E-state index in [0.29, 0.717) is 25.0 Å². The highest BCUT2D eigenvalue weighted by molar-refractivity contribution is 8.76. The number of thiazole rings is 1. The van der Waals surface area contributed by atoms with Crippen molar-refractivity contribution in [2.75, 3.05) is 32.7 Å². The van der Waals surface area contributed by atoms with Gasteiger partial charge in [-0.2, -0.15) is 0 Å². The zero-order valence-electron chi connectivity index (χ0n) is 43.3. The van der Waals surface area contributed by atoms with E-state index in [1.165, 1.54) is 50.9 Å². The molecule has 0 spiro atoms. The normalized spacial score (nSPS) is 16.3. The van der Waals surface area contributed by atoms with Crippen molar-refractivity contribution in [3.63, 3.8) is 0 Å². The third-order valence-corrected chi connectivity index (χ3v) is 15.6. The maximum absolute atomic E-state index is 15.0. The summed E-state index contributed by atoms with van der Waals surface area (Å²) in [6.45, 7) is 12.8. The van der Waals surface area contributed by atoms with Crippen LogP contribution in [0.2, 0.25) is 0 Å². The SMILES string of the molecule is CCCC(=O)OCN(C(=O)[C@@H](NC(=O)[C@H]1CCCCCN1C)C(C)CC)[C@H](C[C@H](OC(C)=O)c1nc(C(=O)N[C@@H](Cc2ccc(O)cc2)C[C@H](C)C(=O)NNC(=O)OCCSSc2ccccn2)cs1)C(C)C. The van der Waals surface area contributed by atoms with Crippen molar-refractivity contribution >= 4 is 74.6 Å². The van der Waals surface area contributed by atoms with E-state index >= 15 is 0 Å². The number of ether oxygens (including phenoxy) is 3. The van der Waals surface area contributed by atoms with E-state index in [2.05, 4.69) is 31.5 Å². The van der Waals surface area contributed by atoms with Crippen molar-refractivity contribution in [1.82, 2.24) is 41.3 Å². The average Bonchev–Trinajstić information content (AvgIpc) is 3.76. The molecule has 0 saturated carbocycles. The van der Waals surface area contributed by atoms with Gasteiger partial charge in [-0.3, -0.25) is 39.1 Å². The van der Waals surface area contributed by atoms with E-state index in [1.807, 2.05) is 64.8 Å². The maximum Gasteiger partial charge on any atom is 0.426 e. The number of rotatable bonds is 27. The Hall–Kier alpha value is -5.45. The molecule has 3 aromatic rings. The second-order valence-electron chi connectivity index (χ2n) is 18.6. The van der Waals surface area contributed by atoms with Crippen LogP contribution in [0.15, 0.2) is 59.1 Å². The van der Waals surface area contributed by atoms with Crippen LogP contribution in [-0.4, -0.2) is 123 Å².